The predicted octanol–water partition coefficient (Wildman–Crippen LogP) is 1.55. The van der Waals surface area contributed by atoms with Gasteiger partial charge >= 0.3 is 0 Å². The quantitative estimate of drug-likeness (QED) is 0.674. The van der Waals surface area contributed by atoms with Crippen molar-refractivity contribution in [1.82, 2.24) is 9.55 Å². The van der Waals surface area contributed by atoms with Gasteiger partial charge in [0.05, 0.1) is 17.8 Å². The minimum atomic E-state index is -0.453. The largest absolute Gasteiger partial charge is 0.382 e. The highest BCUT2D eigenvalue weighted by atomic mass is 16.6. The van der Waals surface area contributed by atoms with Crippen molar-refractivity contribution >= 4 is 11.4 Å². The predicted molar refractivity (Wildman–Crippen MR) is 75.0 cm³/mol. The van der Waals surface area contributed by atoms with Gasteiger partial charge in [-0.1, -0.05) is 12.1 Å². The molecule has 0 aliphatic heterocycles. The number of nitrogens with one attached hydrogen (secondary N) is 1. The number of para-hydroxylation sites is 1. The van der Waals surface area contributed by atoms with Crippen LogP contribution in [0.4, 0.5) is 11.4 Å². The van der Waals surface area contributed by atoms with Gasteiger partial charge in [0.1, 0.15) is 5.69 Å². The molecule has 0 bridgehead atoms. The van der Waals surface area contributed by atoms with Crippen LogP contribution in [0.2, 0.25) is 0 Å². The van der Waals surface area contributed by atoms with Gasteiger partial charge in [0, 0.05) is 30.4 Å². The maximum atomic E-state index is 11.8. The zero-order valence-corrected chi connectivity index (χ0v) is 11.2. The van der Waals surface area contributed by atoms with Crippen LogP contribution in [-0.2, 0) is 6.54 Å². The minimum Gasteiger partial charge on any atom is -0.382 e. The fraction of sp³-hybridized carbons (Fsp3) is 0.231. The molecule has 0 saturated heterocycles. The number of aryl methyl sites for hydroxylation is 1. The second kappa shape index (κ2) is 5.52. The molecule has 0 atom stereocenters. The third kappa shape index (κ3) is 2.66. The van der Waals surface area contributed by atoms with Crippen LogP contribution in [0.1, 0.15) is 11.3 Å². The van der Waals surface area contributed by atoms with Gasteiger partial charge < -0.3 is 5.32 Å². The average molecular weight is 274 g/mol. The number of hydrogen-bond acceptors (Lipinski definition) is 5. The van der Waals surface area contributed by atoms with Gasteiger partial charge in [-0.3, -0.25) is 19.5 Å². The van der Waals surface area contributed by atoms with Crippen LogP contribution in [0.3, 0.4) is 0 Å². The van der Waals surface area contributed by atoms with Crippen LogP contribution in [0.5, 0.6) is 0 Å². The van der Waals surface area contributed by atoms with Crippen molar-refractivity contribution in [1.29, 1.82) is 0 Å². The monoisotopic (exact) mass is 274 g/mol. The van der Waals surface area contributed by atoms with E-state index in [1.165, 1.54) is 23.0 Å². The summed E-state index contributed by atoms with van der Waals surface area (Å²) < 4.78 is 1.41. The number of nitrogens with zero attached hydrogens (tertiary/aromatic N) is 3. The van der Waals surface area contributed by atoms with Gasteiger partial charge in [-0.2, -0.15) is 0 Å². The second-order valence-electron chi connectivity index (χ2n) is 4.31. The van der Waals surface area contributed by atoms with Crippen molar-refractivity contribution in [3.8, 4) is 0 Å². The second-order valence-corrected chi connectivity index (χ2v) is 4.31. The van der Waals surface area contributed by atoms with Gasteiger partial charge in [-0.15, -0.1) is 0 Å². The molecular weight excluding hydrogens is 260 g/mol. The van der Waals surface area contributed by atoms with E-state index >= 15 is 0 Å². The summed E-state index contributed by atoms with van der Waals surface area (Å²) in [6, 6.07) is 6.19. The van der Waals surface area contributed by atoms with Crippen molar-refractivity contribution in [3.05, 3.63) is 62.3 Å². The molecule has 2 aromatic rings. The molecule has 0 unspecified atom stereocenters. The normalized spacial score (nSPS) is 10.3. The molecule has 7 nitrogen and oxygen atoms in total. The Morgan fingerprint density at radius 2 is 2.20 bits per heavy atom. The molecule has 20 heavy (non-hydrogen) atoms. The van der Waals surface area contributed by atoms with E-state index in [1.54, 1.807) is 26.1 Å². The molecule has 1 aromatic heterocycles. The number of rotatable bonds is 4. The van der Waals surface area contributed by atoms with Crippen molar-refractivity contribution in [2.45, 2.75) is 13.5 Å². The smallest absolute Gasteiger partial charge is 0.292 e. The van der Waals surface area contributed by atoms with Crippen LogP contribution in [0.25, 0.3) is 0 Å². The number of aromatic nitrogens is 2. The SMILES string of the molecule is CNc1c(Cn2cnc(C)cc2=O)cccc1[N+](=O)[O-]. The summed E-state index contributed by atoms with van der Waals surface area (Å²) in [5.74, 6) is 0. The standard InChI is InChI=1S/C13H14N4O3/c1-9-6-12(18)16(8-15-9)7-10-4-3-5-11(17(19)20)13(10)14-2/h3-6,8,14H,7H2,1-2H3. The van der Waals surface area contributed by atoms with Crippen LogP contribution in [-0.4, -0.2) is 21.5 Å². The number of hydrogen-bond donors (Lipinski definition) is 1. The lowest BCUT2D eigenvalue weighted by Crippen LogP contribution is -2.21. The lowest BCUT2D eigenvalue weighted by Gasteiger charge is -2.11. The van der Waals surface area contributed by atoms with E-state index in [2.05, 4.69) is 10.3 Å². The topological polar surface area (TPSA) is 90.1 Å². The Hall–Kier alpha value is -2.70. The Morgan fingerprint density at radius 1 is 1.45 bits per heavy atom. The molecule has 0 saturated carbocycles. The first-order valence-electron chi connectivity index (χ1n) is 6.00. The molecular formula is C13H14N4O3. The van der Waals surface area contributed by atoms with Gasteiger partial charge in [-0.05, 0) is 6.92 Å². The summed E-state index contributed by atoms with van der Waals surface area (Å²) in [6.45, 7) is 1.96. The van der Waals surface area contributed by atoms with Gasteiger partial charge in [0.2, 0.25) is 0 Å². The summed E-state index contributed by atoms with van der Waals surface area (Å²) in [6.07, 6.45) is 1.44. The maximum Gasteiger partial charge on any atom is 0.292 e. The molecule has 1 N–H and O–H groups in total. The molecule has 1 aromatic carbocycles. The summed E-state index contributed by atoms with van der Waals surface area (Å²) >= 11 is 0. The Kier molecular flexibility index (Phi) is 3.79. The Balaban J connectivity index is 2.46. The molecule has 0 amide bonds. The first-order valence-corrected chi connectivity index (χ1v) is 6.00. The summed E-state index contributed by atoms with van der Waals surface area (Å²) in [4.78, 5) is 26.4. The number of benzene rings is 1. The van der Waals surface area contributed by atoms with E-state index < -0.39 is 4.92 Å². The van der Waals surface area contributed by atoms with E-state index in [9.17, 15) is 14.9 Å². The fourth-order valence-corrected chi connectivity index (χ4v) is 1.98. The van der Waals surface area contributed by atoms with Crippen LogP contribution in [0, 0.1) is 17.0 Å². The molecule has 0 spiro atoms. The lowest BCUT2D eigenvalue weighted by atomic mass is 10.1. The molecule has 0 radical (unpaired) electrons. The summed E-state index contributed by atoms with van der Waals surface area (Å²) in [5.41, 5.74) is 1.50. The van der Waals surface area contributed by atoms with Crippen molar-refractivity contribution in [3.63, 3.8) is 0 Å². The summed E-state index contributed by atoms with van der Waals surface area (Å²) in [7, 11) is 1.61. The van der Waals surface area contributed by atoms with Gasteiger partial charge in [0.15, 0.2) is 0 Å². The minimum absolute atomic E-state index is 0.0156. The first kappa shape index (κ1) is 13.7. The van der Waals surface area contributed by atoms with Crippen molar-refractivity contribution in [2.75, 3.05) is 12.4 Å². The van der Waals surface area contributed by atoms with Crippen LogP contribution >= 0.6 is 0 Å². The number of nitro groups is 1. The molecule has 0 fully saturated rings. The Labute approximate surface area is 115 Å². The Morgan fingerprint density at radius 3 is 2.80 bits per heavy atom. The molecule has 0 aliphatic carbocycles. The van der Waals surface area contributed by atoms with Crippen molar-refractivity contribution < 1.29 is 4.92 Å². The first-order chi connectivity index (χ1) is 9.52. The van der Waals surface area contributed by atoms with E-state index in [1.807, 2.05) is 0 Å². The van der Waals surface area contributed by atoms with Crippen molar-refractivity contribution in [2.24, 2.45) is 0 Å². The third-order valence-corrected chi connectivity index (χ3v) is 2.93. The molecule has 1 heterocycles. The maximum absolute atomic E-state index is 11.8. The molecule has 7 heteroatoms. The summed E-state index contributed by atoms with van der Waals surface area (Å²) in [5, 5.41) is 13.8. The Bertz CT molecular complexity index is 709. The highest BCUT2D eigenvalue weighted by Crippen LogP contribution is 2.28. The fourth-order valence-electron chi connectivity index (χ4n) is 1.98. The number of anilines is 1. The number of nitro benzene ring substituents is 1. The molecule has 104 valence electrons. The van der Waals surface area contributed by atoms with E-state index in [4.69, 9.17) is 0 Å². The zero-order valence-electron chi connectivity index (χ0n) is 11.2. The third-order valence-electron chi connectivity index (χ3n) is 2.93. The average Bonchev–Trinajstić information content (AvgIpc) is 2.41. The van der Waals surface area contributed by atoms with E-state index in [-0.39, 0.29) is 17.8 Å². The van der Waals surface area contributed by atoms with E-state index in [0.29, 0.717) is 16.9 Å². The zero-order chi connectivity index (χ0) is 14.7. The van der Waals surface area contributed by atoms with Crippen LogP contribution < -0.4 is 10.9 Å². The van der Waals surface area contributed by atoms with Gasteiger partial charge in [-0.25, -0.2) is 4.98 Å². The highest BCUT2D eigenvalue weighted by Gasteiger charge is 2.16. The molecule has 2 rings (SSSR count). The van der Waals surface area contributed by atoms with E-state index in [0.717, 1.165) is 0 Å². The van der Waals surface area contributed by atoms with Gasteiger partial charge in [0.25, 0.3) is 11.2 Å². The van der Waals surface area contributed by atoms with Crippen LogP contribution in [0.15, 0.2) is 35.4 Å². The molecule has 0 aliphatic rings. The lowest BCUT2D eigenvalue weighted by molar-refractivity contribution is -0.384. The highest BCUT2D eigenvalue weighted by molar-refractivity contribution is 5.66.